The number of benzene rings is 1. The molecule has 0 atom stereocenters. The maximum atomic E-state index is 11.5. The minimum atomic E-state index is -0.988. The zero-order chi connectivity index (χ0) is 10.8. The predicted molar refractivity (Wildman–Crippen MR) is 57.8 cm³/mol. The van der Waals surface area contributed by atoms with Crippen molar-refractivity contribution in [2.75, 3.05) is 0 Å². The molecule has 16 heavy (non-hydrogen) atoms. The molecule has 4 nitrogen and oxygen atoms in total. The first-order valence-electron chi connectivity index (χ1n) is 4.56. The smallest absolute Gasteiger partial charge is 0.265 e. The van der Waals surface area contributed by atoms with Gasteiger partial charge in [-0.05, 0) is 17.5 Å². The maximum absolute atomic E-state index is 11.5. The van der Waals surface area contributed by atoms with Crippen molar-refractivity contribution < 1.29 is 19.9 Å². The van der Waals surface area contributed by atoms with Gasteiger partial charge in [0, 0.05) is 5.57 Å². The van der Waals surface area contributed by atoms with Crippen molar-refractivity contribution in [2.45, 2.75) is 6.42 Å². The number of hydrogen-bond donors (Lipinski definition) is 0. The quantitative estimate of drug-likeness (QED) is 0.411. The molecule has 0 amide bonds. The van der Waals surface area contributed by atoms with Crippen LogP contribution in [0.15, 0.2) is 30.3 Å². The van der Waals surface area contributed by atoms with Crippen molar-refractivity contribution in [1.82, 2.24) is 0 Å². The topological polar surface area (TPSA) is 82.7 Å². The zero-order valence-corrected chi connectivity index (χ0v) is 8.40. The first-order valence-corrected chi connectivity index (χ1v) is 4.56. The van der Waals surface area contributed by atoms with Crippen LogP contribution in [0.1, 0.15) is 11.1 Å². The van der Waals surface area contributed by atoms with Crippen LogP contribution >= 0.6 is 0 Å². The van der Waals surface area contributed by atoms with Crippen molar-refractivity contribution >= 4 is 23.4 Å². The molecule has 0 aromatic heterocycles. The van der Waals surface area contributed by atoms with E-state index in [2.05, 4.69) is 0 Å². The van der Waals surface area contributed by atoms with E-state index in [0.717, 1.165) is 11.1 Å². The summed E-state index contributed by atoms with van der Waals surface area (Å²) < 4.78 is 0. The third kappa shape index (κ3) is 1.83. The van der Waals surface area contributed by atoms with E-state index in [1.165, 1.54) is 0 Å². The largest absolute Gasteiger partial charge is 0.412 e. The minimum absolute atomic E-state index is 0. The van der Waals surface area contributed by atoms with Gasteiger partial charge in [-0.25, -0.2) is 0 Å². The second-order valence-corrected chi connectivity index (χ2v) is 3.29. The highest BCUT2D eigenvalue weighted by atomic mass is 16.2. The summed E-state index contributed by atoms with van der Waals surface area (Å²) in [4.78, 5) is 32.7. The van der Waals surface area contributed by atoms with E-state index in [0.29, 0.717) is 12.0 Å². The minimum Gasteiger partial charge on any atom is -0.412 e. The second kappa shape index (κ2) is 4.63. The molecule has 1 aromatic carbocycles. The summed E-state index contributed by atoms with van der Waals surface area (Å²) >= 11 is 0. The number of carbonyl (C=O) groups excluding carboxylic acids is 3. The Kier molecular flexibility index (Phi) is 3.48. The lowest BCUT2D eigenvalue weighted by Crippen LogP contribution is -2.15. The van der Waals surface area contributed by atoms with Crippen LogP contribution in [0.3, 0.4) is 0 Å². The van der Waals surface area contributed by atoms with E-state index < -0.39 is 11.6 Å². The normalized spacial score (nSPS) is 12.1. The molecule has 1 aliphatic carbocycles. The summed E-state index contributed by atoms with van der Waals surface area (Å²) in [5.41, 5.74) is 2.12. The van der Waals surface area contributed by atoms with E-state index in [1.54, 1.807) is 18.2 Å². The monoisotopic (exact) mass is 218 g/mol. The molecule has 0 unspecified atom stereocenters. The fourth-order valence-electron chi connectivity index (χ4n) is 1.68. The fraction of sp³-hybridized carbons (Fsp3) is 0.0833. The number of hydrogen-bond acceptors (Lipinski definition) is 3. The van der Waals surface area contributed by atoms with Crippen LogP contribution < -0.4 is 0 Å². The predicted octanol–water partition coefficient (Wildman–Crippen LogP) is 0.139. The average molecular weight is 218 g/mol. The van der Waals surface area contributed by atoms with Crippen LogP contribution in [0.5, 0.6) is 0 Å². The van der Waals surface area contributed by atoms with E-state index in [1.807, 2.05) is 12.1 Å². The molecule has 1 aliphatic rings. The summed E-state index contributed by atoms with van der Waals surface area (Å²) in [6.07, 6.45) is 2.39. The highest BCUT2D eigenvalue weighted by molar-refractivity contribution is 6.68. The molecule has 2 rings (SSSR count). The lowest BCUT2D eigenvalue weighted by atomic mass is 10.0. The lowest BCUT2D eigenvalue weighted by Gasteiger charge is -2.01. The van der Waals surface area contributed by atoms with Crippen LogP contribution in [0.25, 0.3) is 5.57 Å². The van der Waals surface area contributed by atoms with Crippen molar-refractivity contribution in [2.24, 2.45) is 0 Å². The van der Waals surface area contributed by atoms with Crippen molar-refractivity contribution in [3.8, 4) is 0 Å². The maximum Gasteiger partial charge on any atom is 0.265 e. The molecule has 0 fully saturated rings. The van der Waals surface area contributed by atoms with Crippen LogP contribution in [0.4, 0.5) is 0 Å². The Morgan fingerprint density at radius 1 is 1.19 bits per heavy atom. The number of aldehydes is 1. The highest BCUT2D eigenvalue weighted by Gasteiger charge is 2.24. The molecular weight excluding hydrogens is 208 g/mol. The lowest BCUT2D eigenvalue weighted by molar-refractivity contribution is -0.137. The summed E-state index contributed by atoms with van der Waals surface area (Å²) in [5, 5.41) is 0. The summed E-state index contributed by atoms with van der Waals surface area (Å²) in [6, 6.07) is 7.36. The van der Waals surface area contributed by atoms with Crippen LogP contribution in [-0.4, -0.2) is 23.3 Å². The van der Waals surface area contributed by atoms with E-state index in [9.17, 15) is 14.4 Å². The Bertz CT molecular complexity index is 486. The Morgan fingerprint density at radius 3 is 2.56 bits per heavy atom. The number of Topliss-reactive ketones (excluding diaryl/α,β-unsaturated/α-hetero) is 2. The van der Waals surface area contributed by atoms with Gasteiger partial charge in [-0.15, -0.1) is 0 Å². The molecule has 0 aliphatic heterocycles. The van der Waals surface area contributed by atoms with Crippen LogP contribution in [0, 0.1) is 0 Å². The molecular formula is C12H10O4. The molecule has 0 spiro atoms. The summed E-state index contributed by atoms with van der Waals surface area (Å²) in [6.45, 7) is 0. The van der Waals surface area contributed by atoms with Gasteiger partial charge in [0.05, 0.1) is 0 Å². The van der Waals surface area contributed by atoms with Crippen molar-refractivity contribution in [3.05, 3.63) is 41.5 Å². The fourth-order valence-corrected chi connectivity index (χ4v) is 1.68. The Hall–Kier alpha value is -2.07. The molecule has 0 saturated heterocycles. The third-order valence-electron chi connectivity index (χ3n) is 2.41. The number of ketones is 2. The van der Waals surface area contributed by atoms with Crippen molar-refractivity contribution in [1.29, 1.82) is 0 Å². The summed E-state index contributed by atoms with van der Waals surface area (Å²) in [5.74, 6) is -1.70. The molecule has 82 valence electrons. The zero-order valence-electron chi connectivity index (χ0n) is 8.40. The van der Waals surface area contributed by atoms with Gasteiger partial charge in [0.2, 0.25) is 5.78 Å². The Morgan fingerprint density at radius 2 is 1.88 bits per heavy atom. The molecule has 0 radical (unpaired) electrons. The van der Waals surface area contributed by atoms with E-state index in [-0.39, 0.29) is 11.8 Å². The number of rotatable bonds is 3. The molecule has 1 aromatic rings. The highest BCUT2D eigenvalue weighted by Crippen LogP contribution is 2.27. The molecule has 0 heterocycles. The van der Waals surface area contributed by atoms with Gasteiger partial charge in [0.1, 0.15) is 0 Å². The van der Waals surface area contributed by atoms with Crippen molar-refractivity contribution in [3.63, 3.8) is 0 Å². The van der Waals surface area contributed by atoms with Gasteiger partial charge in [-0.3, -0.25) is 14.4 Å². The SMILES string of the molecule is O.O=CC(=O)C(=O)C1=CCc2ccccc21. The number of allylic oxidation sites excluding steroid dienone is 2. The molecule has 0 saturated carbocycles. The Balaban J connectivity index is 0.00000128. The Labute approximate surface area is 91.9 Å². The van der Waals surface area contributed by atoms with Crippen LogP contribution in [-0.2, 0) is 20.8 Å². The van der Waals surface area contributed by atoms with Gasteiger partial charge in [-0.2, -0.15) is 0 Å². The van der Waals surface area contributed by atoms with Gasteiger partial charge >= 0.3 is 0 Å². The first kappa shape index (κ1) is 12.0. The summed E-state index contributed by atoms with van der Waals surface area (Å²) in [7, 11) is 0. The van der Waals surface area contributed by atoms with Gasteiger partial charge in [0.15, 0.2) is 6.29 Å². The van der Waals surface area contributed by atoms with Gasteiger partial charge < -0.3 is 5.48 Å². The average Bonchev–Trinajstić information content (AvgIpc) is 2.70. The van der Waals surface area contributed by atoms with Crippen LogP contribution in [0.2, 0.25) is 0 Å². The van der Waals surface area contributed by atoms with Gasteiger partial charge in [0.25, 0.3) is 5.78 Å². The first-order chi connectivity index (χ1) is 7.24. The van der Waals surface area contributed by atoms with E-state index >= 15 is 0 Å². The molecule has 0 bridgehead atoms. The second-order valence-electron chi connectivity index (χ2n) is 3.29. The molecule has 4 heteroatoms. The third-order valence-corrected chi connectivity index (χ3v) is 2.41. The van der Waals surface area contributed by atoms with Gasteiger partial charge in [-0.1, -0.05) is 30.3 Å². The number of carbonyl (C=O) groups is 3. The molecule has 2 N–H and O–H groups in total. The van der Waals surface area contributed by atoms with E-state index in [4.69, 9.17) is 0 Å². The number of fused-ring (bicyclic) bond motifs is 1. The standard InChI is InChI=1S/C12H8O3.H2O/c13-7-11(14)12(15)10-6-5-8-3-1-2-4-9(8)10;/h1-4,6-7H,5H2;1H2.